The molecule has 1 aromatic heterocycles. The highest BCUT2D eigenvalue weighted by Gasteiger charge is 2.59. The molecule has 2 aliphatic rings. The predicted molar refractivity (Wildman–Crippen MR) is 112 cm³/mol. The number of likely N-dealkylation sites (tertiary alicyclic amines) is 1. The molecule has 1 saturated heterocycles. The molecule has 0 bridgehead atoms. The number of pyridine rings is 1. The van der Waals surface area contributed by atoms with Crippen LogP contribution in [0, 0.1) is 0 Å². The smallest absolute Gasteiger partial charge is 0.387 e. The molecule has 0 saturated carbocycles. The highest BCUT2D eigenvalue weighted by atomic mass is 19.3. The van der Waals surface area contributed by atoms with Crippen LogP contribution < -0.4 is 10.1 Å². The summed E-state index contributed by atoms with van der Waals surface area (Å²) in [6.07, 6.45) is 3.64. The molecule has 0 aliphatic carbocycles. The molecule has 2 aromatic carbocycles. The summed E-state index contributed by atoms with van der Waals surface area (Å²) in [6.45, 7) is -2.79. The summed E-state index contributed by atoms with van der Waals surface area (Å²) >= 11 is 0. The second-order valence-corrected chi connectivity index (χ2v) is 7.78. The highest BCUT2D eigenvalue weighted by Crippen LogP contribution is 2.55. The standard InChI is InChI=1S/C24H19F2N3O3/c25-23(26)32-19-10-4-1-7-16(19)21(30)29-13-11-24(20(29)15-6-5-12-27-14-15)17-8-2-3-9-18(17)28-22(24)31/h1-10,12,14,20,23H,11,13H2,(H,28,31). The van der Waals surface area contributed by atoms with Gasteiger partial charge >= 0.3 is 6.61 Å². The highest BCUT2D eigenvalue weighted by molar-refractivity contribution is 6.08. The Morgan fingerprint density at radius 3 is 2.69 bits per heavy atom. The molecule has 3 aromatic rings. The van der Waals surface area contributed by atoms with Crippen LogP contribution in [0.25, 0.3) is 0 Å². The number of hydrogen-bond acceptors (Lipinski definition) is 4. The van der Waals surface area contributed by atoms with Crippen LogP contribution >= 0.6 is 0 Å². The van der Waals surface area contributed by atoms with Crippen LogP contribution in [0.1, 0.15) is 33.9 Å². The zero-order chi connectivity index (χ0) is 22.3. The Morgan fingerprint density at radius 2 is 1.91 bits per heavy atom. The van der Waals surface area contributed by atoms with Crippen molar-refractivity contribution in [3.8, 4) is 5.75 Å². The number of amides is 2. The first-order valence-corrected chi connectivity index (χ1v) is 10.2. The monoisotopic (exact) mass is 435 g/mol. The van der Waals surface area contributed by atoms with Gasteiger partial charge in [-0.05, 0) is 41.8 Å². The number of anilines is 1. The molecule has 8 heteroatoms. The van der Waals surface area contributed by atoms with E-state index in [9.17, 15) is 18.4 Å². The number of ether oxygens (including phenoxy) is 1. The number of nitrogens with one attached hydrogen (secondary N) is 1. The maximum atomic E-state index is 13.6. The third-order valence-corrected chi connectivity index (χ3v) is 6.18. The molecule has 6 nitrogen and oxygen atoms in total. The van der Waals surface area contributed by atoms with E-state index in [-0.39, 0.29) is 23.8 Å². The molecule has 2 aliphatic heterocycles. The lowest BCUT2D eigenvalue weighted by Crippen LogP contribution is -2.42. The van der Waals surface area contributed by atoms with Crippen LogP contribution in [0.3, 0.4) is 0 Å². The van der Waals surface area contributed by atoms with Gasteiger partial charge in [0.25, 0.3) is 5.91 Å². The van der Waals surface area contributed by atoms with Gasteiger partial charge in [0.1, 0.15) is 11.2 Å². The number of rotatable bonds is 4. The summed E-state index contributed by atoms with van der Waals surface area (Å²) in [5, 5.41) is 2.95. The lowest BCUT2D eigenvalue weighted by atomic mass is 9.73. The number of nitrogens with zero attached hydrogens (tertiary/aromatic N) is 2. The molecule has 1 N–H and O–H groups in total. The summed E-state index contributed by atoms with van der Waals surface area (Å²) in [5.41, 5.74) is 1.23. The average molecular weight is 435 g/mol. The zero-order valence-corrected chi connectivity index (χ0v) is 16.9. The van der Waals surface area contributed by atoms with E-state index in [4.69, 9.17) is 0 Å². The minimum absolute atomic E-state index is 0.0189. The van der Waals surface area contributed by atoms with Gasteiger partial charge in [-0.25, -0.2) is 0 Å². The minimum atomic E-state index is -3.06. The van der Waals surface area contributed by atoms with Crippen molar-refractivity contribution in [2.24, 2.45) is 0 Å². The number of benzene rings is 2. The number of hydrogen-bond donors (Lipinski definition) is 1. The Morgan fingerprint density at radius 1 is 1.12 bits per heavy atom. The molecule has 32 heavy (non-hydrogen) atoms. The summed E-state index contributed by atoms with van der Waals surface area (Å²) in [7, 11) is 0. The van der Waals surface area contributed by atoms with E-state index in [1.165, 1.54) is 18.2 Å². The molecule has 2 unspecified atom stereocenters. The van der Waals surface area contributed by atoms with Crippen molar-refractivity contribution in [3.05, 3.63) is 89.7 Å². The summed E-state index contributed by atoms with van der Waals surface area (Å²) in [4.78, 5) is 32.8. The van der Waals surface area contributed by atoms with Gasteiger partial charge in [0.15, 0.2) is 0 Å². The van der Waals surface area contributed by atoms with Crippen molar-refractivity contribution in [1.82, 2.24) is 9.88 Å². The second kappa shape index (κ2) is 7.71. The number of fused-ring (bicyclic) bond motifs is 2. The lowest BCUT2D eigenvalue weighted by molar-refractivity contribution is -0.121. The van der Waals surface area contributed by atoms with Crippen LogP contribution in [0.4, 0.5) is 14.5 Å². The topological polar surface area (TPSA) is 71.5 Å². The molecule has 162 valence electrons. The molecule has 1 fully saturated rings. The van der Waals surface area contributed by atoms with Crippen LogP contribution in [-0.4, -0.2) is 34.9 Å². The number of aromatic nitrogens is 1. The Balaban J connectivity index is 1.64. The third-order valence-electron chi connectivity index (χ3n) is 6.18. The van der Waals surface area contributed by atoms with Crippen LogP contribution in [0.2, 0.25) is 0 Å². The van der Waals surface area contributed by atoms with Gasteiger partial charge in [0.05, 0.1) is 11.6 Å². The fourth-order valence-corrected chi connectivity index (χ4v) is 4.90. The summed E-state index contributed by atoms with van der Waals surface area (Å²) < 4.78 is 30.5. The predicted octanol–water partition coefficient (Wildman–Crippen LogP) is 4.16. The number of carbonyl (C=O) groups excluding carboxylic acids is 2. The van der Waals surface area contributed by atoms with Gasteiger partial charge < -0.3 is 15.0 Å². The molecule has 0 radical (unpaired) electrons. The lowest BCUT2D eigenvalue weighted by Gasteiger charge is -2.34. The maximum Gasteiger partial charge on any atom is 0.387 e. The molecular weight excluding hydrogens is 416 g/mol. The third kappa shape index (κ3) is 3.02. The Hall–Kier alpha value is -3.81. The summed E-state index contributed by atoms with van der Waals surface area (Å²) in [6, 6.07) is 16.2. The van der Waals surface area contributed by atoms with E-state index in [1.807, 2.05) is 30.3 Å². The van der Waals surface area contributed by atoms with Gasteiger partial charge in [0, 0.05) is 24.6 Å². The van der Waals surface area contributed by atoms with Gasteiger partial charge in [-0.1, -0.05) is 36.4 Å². The number of carbonyl (C=O) groups is 2. The quantitative estimate of drug-likeness (QED) is 0.668. The van der Waals surface area contributed by atoms with Gasteiger partial charge in [0.2, 0.25) is 5.91 Å². The van der Waals surface area contributed by atoms with Gasteiger partial charge in [-0.3, -0.25) is 14.6 Å². The molecular formula is C24H19F2N3O3. The Kier molecular flexibility index (Phi) is 4.84. The van der Waals surface area contributed by atoms with E-state index in [0.29, 0.717) is 17.7 Å². The summed E-state index contributed by atoms with van der Waals surface area (Å²) in [5.74, 6) is -0.876. The van der Waals surface area contributed by atoms with Crippen molar-refractivity contribution in [2.45, 2.75) is 24.5 Å². The first-order chi connectivity index (χ1) is 15.5. The molecule has 2 atom stereocenters. The van der Waals surface area contributed by atoms with Crippen molar-refractivity contribution in [3.63, 3.8) is 0 Å². The molecule has 2 amide bonds. The van der Waals surface area contributed by atoms with Crippen molar-refractivity contribution in [2.75, 3.05) is 11.9 Å². The van der Waals surface area contributed by atoms with E-state index in [0.717, 1.165) is 5.56 Å². The van der Waals surface area contributed by atoms with E-state index >= 15 is 0 Å². The van der Waals surface area contributed by atoms with Crippen molar-refractivity contribution >= 4 is 17.5 Å². The number of alkyl halides is 2. The normalized spacial score (nSPS) is 21.7. The number of halogens is 2. The van der Waals surface area contributed by atoms with Crippen LogP contribution in [0.15, 0.2) is 73.1 Å². The number of para-hydroxylation sites is 2. The average Bonchev–Trinajstić information content (AvgIpc) is 3.33. The van der Waals surface area contributed by atoms with Gasteiger partial charge in [-0.2, -0.15) is 8.78 Å². The van der Waals surface area contributed by atoms with Crippen LogP contribution in [0.5, 0.6) is 5.75 Å². The van der Waals surface area contributed by atoms with E-state index < -0.39 is 24.0 Å². The Bertz CT molecular complexity index is 1190. The van der Waals surface area contributed by atoms with Gasteiger partial charge in [-0.15, -0.1) is 0 Å². The van der Waals surface area contributed by atoms with Crippen molar-refractivity contribution in [1.29, 1.82) is 0 Å². The molecule has 5 rings (SSSR count). The fraction of sp³-hybridized carbons (Fsp3) is 0.208. The van der Waals surface area contributed by atoms with E-state index in [2.05, 4.69) is 15.0 Å². The molecule has 3 heterocycles. The zero-order valence-electron chi connectivity index (χ0n) is 16.9. The van der Waals surface area contributed by atoms with E-state index in [1.54, 1.807) is 29.4 Å². The SMILES string of the molecule is O=C(c1ccccc1OC(F)F)N1CCC2(C(=O)Nc3ccccc32)C1c1cccnc1. The van der Waals surface area contributed by atoms with Crippen molar-refractivity contribution < 1.29 is 23.1 Å². The fourth-order valence-electron chi connectivity index (χ4n) is 4.90. The Labute approximate surface area is 182 Å². The first kappa shape index (κ1) is 20.1. The first-order valence-electron chi connectivity index (χ1n) is 10.2. The largest absolute Gasteiger partial charge is 0.434 e. The van der Waals surface area contributed by atoms with Crippen LogP contribution in [-0.2, 0) is 10.2 Å². The maximum absolute atomic E-state index is 13.6. The minimum Gasteiger partial charge on any atom is -0.434 e. The second-order valence-electron chi connectivity index (χ2n) is 7.78. The molecule has 1 spiro atoms.